The molecule has 0 aromatic rings. The average Bonchev–Trinajstić information content (AvgIpc) is 2.18. The third-order valence-electron chi connectivity index (χ3n) is 2.32. The highest BCUT2D eigenvalue weighted by Crippen LogP contribution is 2.02. The van der Waals surface area contributed by atoms with E-state index in [4.69, 9.17) is 9.84 Å². The van der Waals surface area contributed by atoms with Crippen LogP contribution in [0.4, 0.5) is 0 Å². The predicted octanol–water partition coefficient (Wildman–Crippen LogP) is 1.46. The van der Waals surface area contributed by atoms with Gasteiger partial charge in [-0.1, -0.05) is 13.8 Å². The Labute approximate surface area is 92.2 Å². The molecule has 0 heterocycles. The lowest BCUT2D eigenvalue weighted by atomic mass is 10.1. The Kier molecular flexibility index (Phi) is 8.33. The molecule has 1 N–H and O–H groups in total. The molecule has 0 aromatic heterocycles. The molecule has 0 aromatic carbocycles. The number of methoxy groups -OCH3 is 1. The van der Waals surface area contributed by atoms with E-state index in [0.29, 0.717) is 6.54 Å². The van der Waals surface area contributed by atoms with Crippen molar-refractivity contribution in [1.82, 2.24) is 4.90 Å². The molecule has 0 bridgehead atoms. The number of hydrogen-bond acceptors (Lipinski definition) is 3. The summed E-state index contributed by atoms with van der Waals surface area (Å²) in [5.41, 5.74) is 0. The van der Waals surface area contributed by atoms with Crippen LogP contribution in [0.2, 0.25) is 0 Å². The predicted molar refractivity (Wildman–Crippen MR) is 60.0 cm³/mol. The maximum Gasteiger partial charge on any atom is 0.307 e. The highest BCUT2D eigenvalue weighted by Gasteiger charge is 2.15. The normalized spacial score (nSPS) is 13.1. The van der Waals surface area contributed by atoms with E-state index in [9.17, 15) is 4.79 Å². The molecular weight excluding hydrogens is 194 g/mol. The van der Waals surface area contributed by atoms with Crippen LogP contribution in [-0.4, -0.2) is 49.3 Å². The van der Waals surface area contributed by atoms with Crippen molar-refractivity contribution in [2.75, 3.05) is 33.4 Å². The van der Waals surface area contributed by atoms with Crippen LogP contribution in [0.5, 0.6) is 0 Å². The number of carboxylic acids is 1. The van der Waals surface area contributed by atoms with E-state index in [-0.39, 0.29) is 5.92 Å². The van der Waals surface area contributed by atoms with Crippen LogP contribution < -0.4 is 0 Å². The fourth-order valence-corrected chi connectivity index (χ4v) is 1.51. The Hall–Kier alpha value is -0.610. The highest BCUT2D eigenvalue weighted by molar-refractivity contribution is 5.69. The Balaban J connectivity index is 3.86. The topological polar surface area (TPSA) is 49.8 Å². The number of nitrogens with zero attached hydrogens (tertiary/aromatic N) is 1. The second kappa shape index (κ2) is 8.68. The standard InChI is InChI=1S/C11H23NO3/c1-4-6-12(7-5-8-15-3)9-10(2)11(13)14/h10H,4-9H2,1-3H3,(H,13,14). The maximum absolute atomic E-state index is 10.7. The number of rotatable bonds is 9. The highest BCUT2D eigenvalue weighted by atomic mass is 16.5. The van der Waals surface area contributed by atoms with Gasteiger partial charge < -0.3 is 14.7 Å². The molecule has 0 saturated heterocycles. The molecule has 0 spiro atoms. The van der Waals surface area contributed by atoms with Gasteiger partial charge >= 0.3 is 5.97 Å². The van der Waals surface area contributed by atoms with E-state index in [1.807, 2.05) is 0 Å². The first-order valence-corrected chi connectivity index (χ1v) is 5.55. The molecule has 15 heavy (non-hydrogen) atoms. The summed E-state index contributed by atoms with van der Waals surface area (Å²) >= 11 is 0. The summed E-state index contributed by atoms with van der Waals surface area (Å²) in [7, 11) is 1.68. The third-order valence-corrected chi connectivity index (χ3v) is 2.32. The van der Waals surface area contributed by atoms with Gasteiger partial charge in [0.05, 0.1) is 5.92 Å². The van der Waals surface area contributed by atoms with Crippen LogP contribution in [0.3, 0.4) is 0 Å². The van der Waals surface area contributed by atoms with Crippen molar-refractivity contribution in [2.24, 2.45) is 5.92 Å². The van der Waals surface area contributed by atoms with Gasteiger partial charge in [0.15, 0.2) is 0 Å². The van der Waals surface area contributed by atoms with Crippen LogP contribution >= 0.6 is 0 Å². The Morgan fingerprint density at radius 2 is 2.13 bits per heavy atom. The molecule has 0 aliphatic heterocycles. The summed E-state index contributed by atoms with van der Waals surface area (Å²) in [6.07, 6.45) is 2.02. The van der Waals surface area contributed by atoms with Crippen molar-refractivity contribution in [1.29, 1.82) is 0 Å². The summed E-state index contributed by atoms with van der Waals surface area (Å²) in [6.45, 7) is 7.10. The fraction of sp³-hybridized carbons (Fsp3) is 0.909. The van der Waals surface area contributed by atoms with Crippen LogP contribution in [0.1, 0.15) is 26.7 Å². The van der Waals surface area contributed by atoms with E-state index in [1.165, 1.54) is 0 Å². The summed E-state index contributed by atoms with van der Waals surface area (Å²) < 4.78 is 4.98. The van der Waals surface area contributed by atoms with Crippen LogP contribution in [-0.2, 0) is 9.53 Å². The van der Waals surface area contributed by atoms with Crippen molar-refractivity contribution in [3.63, 3.8) is 0 Å². The molecule has 0 saturated carbocycles. The summed E-state index contributed by atoms with van der Waals surface area (Å²) in [4.78, 5) is 12.9. The van der Waals surface area contributed by atoms with Gasteiger partial charge in [0.2, 0.25) is 0 Å². The molecule has 90 valence electrons. The number of carbonyl (C=O) groups is 1. The van der Waals surface area contributed by atoms with Crippen LogP contribution in [0, 0.1) is 5.92 Å². The number of hydrogen-bond donors (Lipinski definition) is 1. The zero-order chi connectivity index (χ0) is 11.7. The van der Waals surface area contributed by atoms with E-state index in [2.05, 4.69) is 11.8 Å². The molecule has 0 aliphatic rings. The minimum atomic E-state index is -0.720. The van der Waals surface area contributed by atoms with E-state index in [0.717, 1.165) is 32.5 Å². The minimum absolute atomic E-state index is 0.293. The smallest absolute Gasteiger partial charge is 0.307 e. The molecule has 0 rings (SSSR count). The molecule has 0 fully saturated rings. The Bertz CT molecular complexity index is 173. The van der Waals surface area contributed by atoms with Crippen LogP contribution in [0.25, 0.3) is 0 Å². The van der Waals surface area contributed by atoms with Gasteiger partial charge in [-0.2, -0.15) is 0 Å². The first-order chi connectivity index (χ1) is 7.11. The van der Waals surface area contributed by atoms with Crippen molar-refractivity contribution >= 4 is 5.97 Å². The van der Waals surface area contributed by atoms with Crippen molar-refractivity contribution in [3.05, 3.63) is 0 Å². The van der Waals surface area contributed by atoms with Crippen molar-refractivity contribution in [2.45, 2.75) is 26.7 Å². The SMILES string of the molecule is CCCN(CCCOC)CC(C)C(=O)O. The number of carboxylic acid groups (broad SMARTS) is 1. The lowest BCUT2D eigenvalue weighted by Gasteiger charge is -2.23. The molecule has 1 unspecified atom stereocenters. The molecule has 1 atom stereocenters. The van der Waals surface area contributed by atoms with E-state index in [1.54, 1.807) is 14.0 Å². The van der Waals surface area contributed by atoms with Crippen molar-refractivity contribution in [3.8, 4) is 0 Å². The van der Waals surface area contributed by atoms with Gasteiger partial charge in [-0.25, -0.2) is 0 Å². The van der Waals surface area contributed by atoms with Crippen molar-refractivity contribution < 1.29 is 14.6 Å². The second-order valence-corrected chi connectivity index (χ2v) is 3.89. The minimum Gasteiger partial charge on any atom is -0.481 e. The quantitative estimate of drug-likeness (QED) is 0.594. The monoisotopic (exact) mass is 217 g/mol. The zero-order valence-corrected chi connectivity index (χ0v) is 10.0. The molecule has 4 nitrogen and oxygen atoms in total. The third kappa shape index (κ3) is 7.33. The average molecular weight is 217 g/mol. The van der Waals surface area contributed by atoms with Gasteiger partial charge in [-0.3, -0.25) is 4.79 Å². The first kappa shape index (κ1) is 14.4. The Morgan fingerprint density at radius 1 is 1.47 bits per heavy atom. The van der Waals surface area contributed by atoms with Gasteiger partial charge in [-0.05, 0) is 19.4 Å². The molecule has 4 heteroatoms. The maximum atomic E-state index is 10.7. The number of aliphatic carboxylic acids is 1. The largest absolute Gasteiger partial charge is 0.481 e. The second-order valence-electron chi connectivity index (χ2n) is 3.89. The number of ether oxygens (including phenoxy) is 1. The first-order valence-electron chi connectivity index (χ1n) is 5.55. The van der Waals surface area contributed by atoms with Crippen LogP contribution in [0.15, 0.2) is 0 Å². The molecule has 0 aliphatic carbocycles. The lowest BCUT2D eigenvalue weighted by molar-refractivity contribution is -0.141. The summed E-state index contributed by atoms with van der Waals surface area (Å²) in [5, 5.41) is 8.82. The lowest BCUT2D eigenvalue weighted by Crippen LogP contribution is -2.33. The molecule has 0 amide bonds. The molecular formula is C11H23NO3. The molecule has 0 radical (unpaired) electrons. The van der Waals surface area contributed by atoms with Gasteiger partial charge in [0.1, 0.15) is 0 Å². The van der Waals surface area contributed by atoms with Gasteiger partial charge in [0.25, 0.3) is 0 Å². The summed E-state index contributed by atoms with van der Waals surface area (Å²) in [5.74, 6) is -1.01. The fourth-order valence-electron chi connectivity index (χ4n) is 1.51. The summed E-state index contributed by atoms with van der Waals surface area (Å²) in [6, 6.07) is 0. The van der Waals surface area contributed by atoms with E-state index < -0.39 is 5.97 Å². The van der Waals surface area contributed by atoms with E-state index >= 15 is 0 Å². The van der Waals surface area contributed by atoms with Gasteiger partial charge in [-0.15, -0.1) is 0 Å². The Morgan fingerprint density at radius 3 is 2.60 bits per heavy atom. The van der Waals surface area contributed by atoms with Gasteiger partial charge in [0, 0.05) is 26.8 Å². The zero-order valence-electron chi connectivity index (χ0n) is 10.0.